The molecule has 0 aliphatic heterocycles. The number of carbonyl (C=O) groups excluding carboxylic acids is 1. The lowest BCUT2D eigenvalue weighted by Crippen LogP contribution is -2.38. The van der Waals surface area contributed by atoms with E-state index in [4.69, 9.17) is 16.9 Å². The predicted octanol–water partition coefficient (Wildman–Crippen LogP) is -0.431. The average Bonchev–Trinajstić information content (AvgIpc) is 1.87. The third-order valence-corrected chi connectivity index (χ3v) is 1.45. The molecule has 5 nitrogen and oxygen atoms in total. The van der Waals surface area contributed by atoms with Crippen LogP contribution in [0.5, 0.6) is 0 Å². The van der Waals surface area contributed by atoms with Crippen LogP contribution in [0.4, 0.5) is 4.79 Å². The van der Waals surface area contributed by atoms with Gasteiger partial charge >= 0.3 is 6.03 Å². The first-order valence-corrected chi connectivity index (χ1v) is 3.29. The molecule has 0 aromatic heterocycles. The molecule has 0 rings (SSSR count). The SMILES string of the molecule is CC(CN(C)C(N)=O)C(=N)N. The Hall–Kier alpha value is -1.26. The number of primary amides is 1. The van der Waals surface area contributed by atoms with Gasteiger partial charge in [0.05, 0.1) is 5.84 Å². The maximum Gasteiger partial charge on any atom is 0.314 e. The molecule has 0 aromatic carbocycles. The summed E-state index contributed by atoms with van der Waals surface area (Å²) in [7, 11) is 1.57. The summed E-state index contributed by atoms with van der Waals surface area (Å²) in [5.74, 6) is -0.0643. The molecule has 5 N–H and O–H groups in total. The number of carbonyl (C=O) groups is 1. The Labute approximate surface area is 65.9 Å². The highest BCUT2D eigenvalue weighted by atomic mass is 16.2. The Morgan fingerprint density at radius 1 is 1.64 bits per heavy atom. The van der Waals surface area contributed by atoms with E-state index >= 15 is 0 Å². The first-order chi connectivity index (χ1) is 4.95. The number of nitrogens with zero attached hydrogens (tertiary/aromatic N) is 1. The van der Waals surface area contributed by atoms with Crippen LogP contribution in [0.25, 0.3) is 0 Å². The number of amidine groups is 1. The number of urea groups is 1. The van der Waals surface area contributed by atoms with Crippen molar-refractivity contribution in [2.45, 2.75) is 6.92 Å². The van der Waals surface area contributed by atoms with Gasteiger partial charge < -0.3 is 16.4 Å². The van der Waals surface area contributed by atoms with E-state index < -0.39 is 6.03 Å². The van der Waals surface area contributed by atoms with Gasteiger partial charge in [0.1, 0.15) is 0 Å². The van der Waals surface area contributed by atoms with Crippen LogP contribution in [0.1, 0.15) is 6.92 Å². The summed E-state index contributed by atoms with van der Waals surface area (Å²) in [6.07, 6.45) is 0. The first-order valence-electron chi connectivity index (χ1n) is 3.29. The molecule has 11 heavy (non-hydrogen) atoms. The van der Waals surface area contributed by atoms with E-state index in [1.165, 1.54) is 4.90 Å². The summed E-state index contributed by atoms with van der Waals surface area (Å²) < 4.78 is 0. The highest BCUT2D eigenvalue weighted by Gasteiger charge is 2.10. The maximum atomic E-state index is 10.5. The van der Waals surface area contributed by atoms with Crippen LogP contribution < -0.4 is 11.5 Å². The molecule has 0 spiro atoms. The summed E-state index contributed by atoms with van der Waals surface area (Å²) in [6.45, 7) is 2.16. The van der Waals surface area contributed by atoms with Crippen LogP contribution in [0.3, 0.4) is 0 Å². The highest BCUT2D eigenvalue weighted by molar-refractivity contribution is 5.80. The maximum absolute atomic E-state index is 10.5. The Bertz CT molecular complexity index is 150. The zero-order valence-electron chi connectivity index (χ0n) is 6.79. The Morgan fingerprint density at radius 2 is 2.09 bits per heavy atom. The van der Waals surface area contributed by atoms with E-state index in [-0.39, 0.29) is 11.8 Å². The molecule has 0 saturated heterocycles. The third-order valence-electron chi connectivity index (χ3n) is 1.45. The van der Waals surface area contributed by atoms with Crippen molar-refractivity contribution in [1.82, 2.24) is 4.90 Å². The minimum absolute atomic E-state index is 0.0677. The molecule has 0 saturated carbocycles. The molecule has 1 atom stereocenters. The van der Waals surface area contributed by atoms with Crippen LogP contribution >= 0.6 is 0 Å². The number of hydrogen-bond donors (Lipinski definition) is 3. The van der Waals surface area contributed by atoms with Gasteiger partial charge in [-0.3, -0.25) is 5.41 Å². The molecule has 0 fully saturated rings. The van der Waals surface area contributed by atoms with E-state index in [2.05, 4.69) is 0 Å². The number of nitrogens with two attached hydrogens (primary N) is 2. The molecule has 0 aliphatic carbocycles. The molecule has 0 aromatic rings. The first kappa shape index (κ1) is 9.74. The highest BCUT2D eigenvalue weighted by Crippen LogP contribution is 1.95. The van der Waals surface area contributed by atoms with Gasteiger partial charge in [0.25, 0.3) is 0 Å². The Kier molecular flexibility index (Phi) is 3.36. The molecular formula is C6H14N4O. The smallest absolute Gasteiger partial charge is 0.314 e. The van der Waals surface area contributed by atoms with Crippen LogP contribution in [0, 0.1) is 11.3 Å². The summed E-state index contributed by atoms with van der Waals surface area (Å²) in [5.41, 5.74) is 10.1. The number of rotatable bonds is 3. The lowest BCUT2D eigenvalue weighted by atomic mass is 10.1. The monoisotopic (exact) mass is 158 g/mol. The predicted molar refractivity (Wildman–Crippen MR) is 43.3 cm³/mol. The van der Waals surface area contributed by atoms with Gasteiger partial charge in [0.2, 0.25) is 0 Å². The fourth-order valence-electron chi connectivity index (χ4n) is 0.599. The summed E-state index contributed by atoms with van der Waals surface area (Å²) >= 11 is 0. The minimum Gasteiger partial charge on any atom is -0.387 e. The standard InChI is InChI=1S/C6H14N4O/c1-4(5(7)8)3-10(2)6(9)11/h4H,3H2,1-2H3,(H3,7,8)(H2,9,11). The topological polar surface area (TPSA) is 96.2 Å². The lowest BCUT2D eigenvalue weighted by molar-refractivity contribution is 0.216. The van der Waals surface area contributed by atoms with E-state index in [9.17, 15) is 4.79 Å². The van der Waals surface area contributed by atoms with E-state index in [0.29, 0.717) is 6.54 Å². The van der Waals surface area contributed by atoms with E-state index in [1.807, 2.05) is 0 Å². The van der Waals surface area contributed by atoms with Crippen LogP contribution in [-0.4, -0.2) is 30.4 Å². The molecule has 0 bridgehead atoms. The van der Waals surface area contributed by atoms with Crippen LogP contribution in [-0.2, 0) is 0 Å². The van der Waals surface area contributed by atoms with Crippen LogP contribution in [0.2, 0.25) is 0 Å². The zero-order valence-corrected chi connectivity index (χ0v) is 6.79. The van der Waals surface area contributed by atoms with E-state index in [1.54, 1.807) is 14.0 Å². The van der Waals surface area contributed by atoms with Gasteiger partial charge in [-0.1, -0.05) is 6.92 Å². The van der Waals surface area contributed by atoms with Gasteiger partial charge in [-0.25, -0.2) is 4.79 Å². The largest absolute Gasteiger partial charge is 0.387 e. The Balaban J connectivity index is 3.84. The molecule has 1 unspecified atom stereocenters. The van der Waals surface area contributed by atoms with Gasteiger partial charge in [0.15, 0.2) is 0 Å². The Morgan fingerprint density at radius 3 is 2.36 bits per heavy atom. The van der Waals surface area contributed by atoms with Crippen molar-refractivity contribution in [2.24, 2.45) is 17.4 Å². The fourth-order valence-corrected chi connectivity index (χ4v) is 0.599. The quantitative estimate of drug-likeness (QED) is 0.384. The second kappa shape index (κ2) is 3.80. The second-order valence-corrected chi connectivity index (χ2v) is 2.58. The second-order valence-electron chi connectivity index (χ2n) is 2.58. The number of nitrogens with one attached hydrogen (secondary N) is 1. The molecule has 0 aliphatic rings. The minimum atomic E-state index is -0.502. The van der Waals surface area contributed by atoms with Crippen LogP contribution in [0.15, 0.2) is 0 Å². The number of amides is 2. The molecule has 5 heteroatoms. The van der Waals surface area contributed by atoms with Crippen molar-refractivity contribution in [3.8, 4) is 0 Å². The lowest BCUT2D eigenvalue weighted by Gasteiger charge is -2.18. The van der Waals surface area contributed by atoms with Gasteiger partial charge in [-0.05, 0) is 0 Å². The third kappa shape index (κ3) is 3.44. The normalized spacial score (nSPS) is 12.2. The summed E-state index contributed by atoms with van der Waals surface area (Å²) in [4.78, 5) is 11.8. The molecular weight excluding hydrogens is 144 g/mol. The molecule has 2 amide bonds. The fraction of sp³-hybridized carbons (Fsp3) is 0.667. The van der Waals surface area contributed by atoms with Crippen molar-refractivity contribution in [2.75, 3.05) is 13.6 Å². The summed E-state index contributed by atoms with van der Waals surface area (Å²) in [5, 5.41) is 7.03. The van der Waals surface area contributed by atoms with Crippen molar-refractivity contribution in [3.05, 3.63) is 0 Å². The number of hydrogen-bond acceptors (Lipinski definition) is 2. The van der Waals surface area contributed by atoms with E-state index in [0.717, 1.165) is 0 Å². The van der Waals surface area contributed by atoms with Crippen molar-refractivity contribution < 1.29 is 4.79 Å². The van der Waals surface area contributed by atoms with Gasteiger partial charge in [-0.2, -0.15) is 0 Å². The zero-order chi connectivity index (χ0) is 9.02. The average molecular weight is 158 g/mol. The summed E-state index contributed by atoms with van der Waals surface area (Å²) in [6, 6.07) is -0.502. The van der Waals surface area contributed by atoms with Crippen molar-refractivity contribution in [3.63, 3.8) is 0 Å². The van der Waals surface area contributed by atoms with Gasteiger partial charge in [0, 0.05) is 19.5 Å². The van der Waals surface area contributed by atoms with Crippen molar-refractivity contribution in [1.29, 1.82) is 5.41 Å². The van der Waals surface area contributed by atoms with Gasteiger partial charge in [-0.15, -0.1) is 0 Å². The molecule has 0 radical (unpaired) electrons. The molecule has 64 valence electrons. The van der Waals surface area contributed by atoms with Crippen molar-refractivity contribution >= 4 is 11.9 Å². The molecule has 0 heterocycles.